The second kappa shape index (κ2) is 7.69. The fourth-order valence-electron chi connectivity index (χ4n) is 2.53. The number of hydrogen-bond donors (Lipinski definition) is 1. The molecule has 20 heavy (non-hydrogen) atoms. The van der Waals surface area contributed by atoms with Crippen LogP contribution in [0, 0.1) is 16.7 Å². The van der Waals surface area contributed by atoms with Gasteiger partial charge in [0.25, 0.3) is 0 Å². The molecule has 3 nitrogen and oxygen atoms in total. The summed E-state index contributed by atoms with van der Waals surface area (Å²) >= 11 is 0. The van der Waals surface area contributed by atoms with Gasteiger partial charge in [-0.2, -0.15) is 5.26 Å². The quantitative estimate of drug-likeness (QED) is 0.816. The Morgan fingerprint density at radius 1 is 1.25 bits per heavy atom. The normalized spacial score (nSPS) is 12.5. The van der Waals surface area contributed by atoms with Crippen molar-refractivity contribution in [2.45, 2.75) is 52.5 Å². The van der Waals surface area contributed by atoms with E-state index in [1.54, 1.807) is 0 Å². The van der Waals surface area contributed by atoms with Gasteiger partial charge in [-0.1, -0.05) is 57.0 Å². The van der Waals surface area contributed by atoms with Crippen molar-refractivity contribution in [1.29, 1.82) is 5.26 Å². The Bertz CT molecular complexity index is 456. The highest BCUT2D eigenvalue weighted by Gasteiger charge is 2.37. The standard InChI is InChI=1S/C17H24N2O/c1-4-11-17(13-18,12-5-2)16(20)19-14(3)15-9-7-6-8-10-15/h6-10,14H,4-5,11-12H2,1-3H3,(H,19,20)/t14-/m0/s1. The monoisotopic (exact) mass is 272 g/mol. The van der Waals surface area contributed by atoms with Crippen molar-refractivity contribution in [1.82, 2.24) is 5.32 Å². The molecule has 1 atom stereocenters. The van der Waals surface area contributed by atoms with E-state index < -0.39 is 5.41 Å². The summed E-state index contributed by atoms with van der Waals surface area (Å²) in [6, 6.07) is 12.0. The van der Waals surface area contributed by atoms with E-state index in [2.05, 4.69) is 11.4 Å². The average molecular weight is 272 g/mol. The number of carbonyl (C=O) groups excluding carboxylic acids is 1. The van der Waals surface area contributed by atoms with Crippen LogP contribution in [0.3, 0.4) is 0 Å². The van der Waals surface area contributed by atoms with Crippen LogP contribution in [0.5, 0.6) is 0 Å². The summed E-state index contributed by atoms with van der Waals surface area (Å²) in [6.45, 7) is 5.97. The van der Waals surface area contributed by atoms with Crippen LogP contribution in [-0.4, -0.2) is 5.91 Å². The highest BCUT2D eigenvalue weighted by Crippen LogP contribution is 2.30. The smallest absolute Gasteiger partial charge is 0.240 e. The molecule has 0 aromatic heterocycles. The molecule has 0 aliphatic carbocycles. The van der Waals surface area contributed by atoms with E-state index in [0.29, 0.717) is 12.8 Å². The minimum absolute atomic E-state index is 0.0786. The molecule has 0 radical (unpaired) electrons. The Balaban J connectivity index is 2.84. The van der Waals surface area contributed by atoms with Crippen molar-refractivity contribution in [3.8, 4) is 6.07 Å². The first-order chi connectivity index (χ1) is 9.59. The van der Waals surface area contributed by atoms with Crippen LogP contribution in [0.1, 0.15) is 58.1 Å². The van der Waals surface area contributed by atoms with Crippen LogP contribution in [0.15, 0.2) is 30.3 Å². The maximum Gasteiger partial charge on any atom is 0.240 e. The number of nitrogens with zero attached hydrogens (tertiary/aromatic N) is 1. The van der Waals surface area contributed by atoms with Gasteiger partial charge >= 0.3 is 0 Å². The number of hydrogen-bond acceptors (Lipinski definition) is 2. The highest BCUT2D eigenvalue weighted by atomic mass is 16.2. The summed E-state index contributed by atoms with van der Waals surface area (Å²) in [7, 11) is 0. The zero-order valence-electron chi connectivity index (χ0n) is 12.6. The predicted molar refractivity (Wildman–Crippen MR) is 80.9 cm³/mol. The van der Waals surface area contributed by atoms with E-state index >= 15 is 0 Å². The molecule has 1 N–H and O–H groups in total. The lowest BCUT2D eigenvalue weighted by molar-refractivity contribution is -0.129. The molecular weight excluding hydrogens is 248 g/mol. The lowest BCUT2D eigenvalue weighted by atomic mass is 9.79. The molecule has 0 aliphatic heterocycles. The van der Waals surface area contributed by atoms with Gasteiger partial charge in [-0.15, -0.1) is 0 Å². The van der Waals surface area contributed by atoms with Crippen molar-refractivity contribution >= 4 is 5.91 Å². The number of rotatable bonds is 7. The first-order valence-electron chi connectivity index (χ1n) is 7.36. The lowest BCUT2D eigenvalue weighted by Gasteiger charge is -2.27. The largest absolute Gasteiger partial charge is 0.348 e. The molecule has 1 aromatic carbocycles. The van der Waals surface area contributed by atoms with E-state index in [-0.39, 0.29) is 11.9 Å². The highest BCUT2D eigenvalue weighted by molar-refractivity contribution is 5.85. The van der Waals surface area contributed by atoms with Gasteiger partial charge in [0.15, 0.2) is 0 Å². The number of amides is 1. The molecule has 1 rings (SSSR count). The van der Waals surface area contributed by atoms with Gasteiger partial charge in [0, 0.05) is 0 Å². The fraction of sp³-hybridized carbons (Fsp3) is 0.529. The van der Waals surface area contributed by atoms with E-state index in [0.717, 1.165) is 18.4 Å². The van der Waals surface area contributed by atoms with Crippen LogP contribution in [-0.2, 0) is 4.79 Å². The molecule has 3 heteroatoms. The number of carbonyl (C=O) groups is 1. The maximum atomic E-state index is 12.5. The third-order valence-electron chi connectivity index (χ3n) is 3.65. The second-order valence-corrected chi connectivity index (χ2v) is 5.30. The molecule has 0 bridgehead atoms. The predicted octanol–water partition coefficient (Wildman–Crippen LogP) is 3.97. The van der Waals surface area contributed by atoms with Crippen LogP contribution in [0.25, 0.3) is 0 Å². The summed E-state index contributed by atoms with van der Waals surface area (Å²) in [5, 5.41) is 12.5. The number of nitrogens with one attached hydrogen (secondary N) is 1. The fourth-order valence-corrected chi connectivity index (χ4v) is 2.53. The summed E-state index contributed by atoms with van der Waals surface area (Å²) in [4.78, 5) is 12.5. The minimum Gasteiger partial charge on any atom is -0.348 e. The average Bonchev–Trinajstić information content (AvgIpc) is 2.47. The topological polar surface area (TPSA) is 52.9 Å². The molecule has 0 fully saturated rings. The number of nitriles is 1. The van der Waals surface area contributed by atoms with Crippen molar-refractivity contribution in [3.05, 3.63) is 35.9 Å². The molecule has 0 saturated carbocycles. The first-order valence-corrected chi connectivity index (χ1v) is 7.36. The van der Waals surface area contributed by atoms with E-state index in [1.807, 2.05) is 51.1 Å². The Morgan fingerprint density at radius 3 is 2.25 bits per heavy atom. The number of benzene rings is 1. The third-order valence-corrected chi connectivity index (χ3v) is 3.65. The maximum absolute atomic E-state index is 12.5. The van der Waals surface area contributed by atoms with Gasteiger partial charge < -0.3 is 5.32 Å². The molecule has 0 heterocycles. The zero-order chi connectivity index (χ0) is 15.0. The zero-order valence-corrected chi connectivity index (χ0v) is 12.6. The van der Waals surface area contributed by atoms with Gasteiger partial charge in [-0.3, -0.25) is 4.79 Å². The van der Waals surface area contributed by atoms with Gasteiger partial charge in [-0.25, -0.2) is 0 Å². The van der Waals surface area contributed by atoms with Gasteiger partial charge in [0.1, 0.15) is 5.41 Å². The molecule has 0 spiro atoms. The van der Waals surface area contributed by atoms with Crippen molar-refractivity contribution < 1.29 is 4.79 Å². The summed E-state index contributed by atoms with van der Waals surface area (Å²) in [5.41, 5.74) is 0.174. The molecule has 0 aliphatic rings. The van der Waals surface area contributed by atoms with Crippen molar-refractivity contribution in [3.63, 3.8) is 0 Å². The Morgan fingerprint density at radius 2 is 1.80 bits per heavy atom. The first kappa shape index (κ1) is 16.2. The summed E-state index contributed by atoms with van der Waals surface area (Å²) in [5.74, 6) is -0.139. The van der Waals surface area contributed by atoms with E-state index in [9.17, 15) is 10.1 Å². The SMILES string of the molecule is CCCC(C#N)(CCC)C(=O)N[C@@H](C)c1ccccc1. The molecule has 108 valence electrons. The Kier molecular flexibility index (Phi) is 6.24. The molecule has 0 saturated heterocycles. The molecule has 0 unspecified atom stereocenters. The summed E-state index contributed by atoms with van der Waals surface area (Å²) in [6.07, 6.45) is 2.90. The Hall–Kier alpha value is -1.82. The van der Waals surface area contributed by atoms with Crippen molar-refractivity contribution in [2.75, 3.05) is 0 Å². The third kappa shape index (κ3) is 3.84. The van der Waals surface area contributed by atoms with Crippen molar-refractivity contribution in [2.24, 2.45) is 5.41 Å². The van der Waals surface area contributed by atoms with E-state index in [1.165, 1.54) is 0 Å². The minimum atomic E-state index is -0.882. The van der Waals surface area contributed by atoms with Crippen LogP contribution in [0.4, 0.5) is 0 Å². The summed E-state index contributed by atoms with van der Waals surface area (Å²) < 4.78 is 0. The second-order valence-electron chi connectivity index (χ2n) is 5.30. The molecular formula is C17H24N2O. The van der Waals surface area contributed by atoms with Gasteiger partial charge in [-0.05, 0) is 25.3 Å². The van der Waals surface area contributed by atoms with Gasteiger partial charge in [0.2, 0.25) is 5.91 Å². The Labute approximate surface area is 122 Å². The van der Waals surface area contributed by atoms with E-state index in [4.69, 9.17) is 0 Å². The van der Waals surface area contributed by atoms with Gasteiger partial charge in [0.05, 0.1) is 12.1 Å². The molecule has 1 amide bonds. The van der Waals surface area contributed by atoms with Crippen LogP contribution < -0.4 is 5.32 Å². The lowest BCUT2D eigenvalue weighted by Crippen LogP contribution is -2.41. The molecule has 1 aromatic rings. The van der Waals surface area contributed by atoms with Crippen LogP contribution in [0.2, 0.25) is 0 Å². The van der Waals surface area contributed by atoms with Crippen LogP contribution >= 0.6 is 0 Å².